The van der Waals surface area contributed by atoms with Gasteiger partial charge in [0.05, 0.1) is 11.3 Å². The molecule has 2 rings (SSSR count). The number of piperazine rings is 1. The molecule has 156 valence electrons. The molecule has 0 spiro atoms. The van der Waals surface area contributed by atoms with Crippen LogP contribution in [0.25, 0.3) is 0 Å². The summed E-state index contributed by atoms with van der Waals surface area (Å²) in [4.78, 5) is 29.2. The Bertz CT molecular complexity index is 648. The van der Waals surface area contributed by atoms with Crippen LogP contribution >= 0.6 is 11.8 Å². The van der Waals surface area contributed by atoms with Gasteiger partial charge in [0.2, 0.25) is 5.91 Å². The van der Waals surface area contributed by atoms with Gasteiger partial charge < -0.3 is 19.9 Å². The number of alkyl carbamates (subject to hydrolysis) is 1. The van der Waals surface area contributed by atoms with Crippen molar-refractivity contribution in [2.75, 3.05) is 33.2 Å². The van der Waals surface area contributed by atoms with Gasteiger partial charge in [0.1, 0.15) is 5.60 Å². The second kappa shape index (κ2) is 10.2. The molecule has 28 heavy (non-hydrogen) atoms. The van der Waals surface area contributed by atoms with Crippen molar-refractivity contribution in [2.24, 2.45) is 0 Å². The van der Waals surface area contributed by atoms with Crippen molar-refractivity contribution >= 4 is 23.8 Å². The standard InChI is InChI=1S/C21H33N3O3S/c1-16(28-15-17-9-7-6-8-10-17)19(25)24-12-11-23(5)14-18(24)13-22-20(26)27-21(2,3)4/h6-10,16,18H,11-15H2,1-5H3,(H,22,26)/t16-,18+/m1/s1. The number of hydrogen-bond acceptors (Lipinski definition) is 5. The zero-order chi connectivity index (χ0) is 20.7. The zero-order valence-corrected chi connectivity index (χ0v) is 18.4. The topological polar surface area (TPSA) is 61.9 Å². The van der Waals surface area contributed by atoms with Crippen LogP contribution in [0.2, 0.25) is 0 Å². The van der Waals surface area contributed by atoms with Gasteiger partial charge in [-0.25, -0.2) is 4.79 Å². The molecule has 1 fully saturated rings. The maximum atomic E-state index is 13.1. The Kier molecular flexibility index (Phi) is 8.19. The van der Waals surface area contributed by atoms with E-state index in [0.717, 1.165) is 18.8 Å². The fourth-order valence-corrected chi connectivity index (χ4v) is 4.00. The molecule has 2 amide bonds. The first-order valence-electron chi connectivity index (χ1n) is 9.77. The molecule has 1 heterocycles. The lowest BCUT2D eigenvalue weighted by molar-refractivity contribution is -0.134. The number of benzene rings is 1. The van der Waals surface area contributed by atoms with Crippen molar-refractivity contribution in [3.05, 3.63) is 35.9 Å². The lowest BCUT2D eigenvalue weighted by atomic mass is 10.1. The van der Waals surface area contributed by atoms with Crippen molar-refractivity contribution in [2.45, 2.75) is 50.3 Å². The minimum absolute atomic E-state index is 0.0569. The van der Waals surface area contributed by atoms with E-state index >= 15 is 0 Å². The van der Waals surface area contributed by atoms with E-state index in [1.54, 1.807) is 11.8 Å². The lowest BCUT2D eigenvalue weighted by Crippen LogP contribution is -2.59. The zero-order valence-electron chi connectivity index (χ0n) is 17.6. The van der Waals surface area contributed by atoms with Crippen molar-refractivity contribution in [3.63, 3.8) is 0 Å². The summed E-state index contributed by atoms with van der Waals surface area (Å²) in [5, 5.41) is 2.69. The smallest absolute Gasteiger partial charge is 0.407 e. The predicted molar refractivity (Wildman–Crippen MR) is 114 cm³/mol. The van der Waals surface area contributed by atoms with Gasteiger partial charge in [-0.15, -0.1) is 11.8 Å². The van der Waals surface area contributed by atoms with Crippen molar-refractivity contribution in [1.82, 2.24) is 15.1 Å². The Labute approximate surface area is 173 Å². The highest BCUT2D eigenvalue weighted by Gasteiger charge is 2.32. The summed E-state index contributed by atoms with van der Waals surface area (Å²) in [5.74, 6) is 0.937. The molecular formula is C21H33N3O3S. The normalized spacial score (nSPS) is 19.2. The number of carbonyl (C=O) groups is 2. The molecule has 1 saturated heterocycles. The quantitative estimate of drug-likeness (QED) is 0.786. The average molecular weight is 408 g/mol. The van der Waals surface area contributed by atoms with Gasteiger partial charge in [-0.3, -0.25) is 4.79 Å². The highest BCUT2D eigenvalue weighted by molar-refractivity contribution is 7.99. The third-order valence-electron chi connectivity index (χ3n) is 4.54. The molecule has 7 heteroatoms. The van der Waals surface area contributed by atoms with Crippen molar-refractivity contribution in [3.8, 4) is 0 Å². The molecule has 1 aromatic carbocycles. The first-order valence-corrected chi connectivity index (χ1v) is 10.8. The van der Waals surface area contributed by atoms with Crippen LogP contribution in [-0.4, -0.2) is 71.9 Å². The lowest BCUT2D eigenvalue weighted by Gasteiger charge is -2.41. The highest BCUT2D eigenvalue weighted by atomic mass is 32.2. The van der Waals surface area contributed by atoms with Gasteiger partial charge in [-0.2, -0.15) is 0 Å². The molecule has 0 aliphatic carbocycles. The number of rotatable bonds is 6. The Morgan fingerprint density at radius 3 is 2.57 bits per heavy atom. The van der Waals surface area contributed by atoms with E-state index in [0.29, 0.717) is 13.1 Å². The molecule has 1 aliphatic heterocycles. The van der Waals surface area contributed by atoms with Gasteiger partial charge >= 0.3 is 6.09 Å². The van der Waals surface area contributed by atoms with E-state index in [4.69, 9.17) is 4.74 Å². The number of hydrogen-bond donors (Lipinski definition) is 1. The number of likely N-dealkylation sites (N-methyl/N-ethyl adjacent to an activating group) is 1. The first-order chi connectivity index (χ1) is 13.2. The molecule has 0 saturated carbocycles. The number of nitrogens with zero attached hydrogens (tertiary/aromatic N) is 2. The van der Waals surface area contributed by atoms with E-state index in [9.17, 15) is 9.59 Å². The average Bonchev–Trinajstić information content (AvgIpc) is 2.63. The molecule has 0 unspecified atom stereocenters. The second-order valence-corrected chi connectivity index (χ2v) is 9.60. The Morgan fingerprint density at radius 1 is 1.25 bits per heavy atom. The van der Waals surface area contributed by atoms with E-state index in [1.165, 1.54) is 5.56 Å². The van der Waals surface area contributed by atoms with Crippen LogP contribution in [0.1, 0.15) is 33.3 Å². The van der Waals surface area contributed by atoms with E-state index < -0.39 is 11.7 Å². The van der Waals surface area contributed by atoms with Gasteiger partial charge in [-0.1, -0.05) is 30.3 Å². The minimum atomic E-state index is -0.536. The van der Waals surface area contributed by atoms with Crippen LogP contribution in [0.3, 0.4) is 0 Å². The van der Waals surface area contributed by atoms with Gasteiger partial charge in [0.15, 0.2) is 0 Å². The molecule has 2 atom stereocenters. The number of thioether (sulfide) groups is 1. The molecular weight excluding hydrogens is 374 g/mol. The molecule has 1 N–H and O–H groups in total. The van der Waals surface area contributed by atoms with Crippen LogP contribution in [0, 0.1) is 0 Å². The van der Waals surface area contributed by atoms with Crippen LogP contribution in [0.4, 0.5) is 4.79 Å². The second-order valence-electron chi connectivity index (χ2n) is 8.27. The van der Waals surface area contributed by atoms with Gasteiger partial charge in [-0.05, 0) is 40.3 Å². The predicted octanol–water partition coefficient (Wildman–Crippen LogP) is 2.98. The van der Waals surface area contributed by atoms with Crippen LogP contribution in [0.5, 0.6) is 0 Å². The Hall–Kier alpha value is -1.73. The van der Waals surface area contributed by atoms with E-state index in [1.807, 2.05) is 57.8 Å². The summed E-state index contributed by atoms with van der Waals surface area (Å²) in [6.45, 7) is 10.1. The Morgan fingerprint density at radius 2 is 1.93 bits per heavy atom. The summed E-state index contributed by atoms with van der Waals surface area (Å²) in [6.07, 6.45) is -0.445. The Balaban J connectivity index is 1.91. The summed E-state index contributed by atoms with van der Waals surface area (Å²) < 4.78 is 5.32. The number of carbonyl (C=O) groups excluding carboxylic acids is 2. The first kappa shape index (κ1) is 22.6. The monoisotopic (exact) mass is 407 g/mol. The maximum absolute atomic E-state index is 13.1. The third kappa shape index (κ3) is 7.36. The summed E-state index contributed by atoms with van der Waals surface area (Å²) in [6, 6.07) is 10.1. The molecule has 1 aromatic rings. The van der Waals surface area contributed by atoms with Crippen LogP contribution in [0.15, 0.2) is 30.3 Å². The molecule has 1 aliphatic rings. The van der Waals surface area contributed by atoms with Crippen molar-refractivity contribution in [1.29, 1.82) is 0 Å². The summed E-state index contributed by atoms with van der Waals surface area (Å²) in [5.41, 5.74) is 0.680. The molecule has 6 nitrogen and oxygen atoms in total. The number of ether oxygens (including phenoxy) is 1. The highest BCUT2D eigenvalue weighted by Crippen LogP contribution is 2.21. The minimum Gasteiger partial charge on any atom is -0.444 e. The van der Waals surface area contributed by atoms with Gasteiger partial charge in [0, 0.05) is 31.9 Å². The van der Waals surface area contributed by atoms with E-state index in [-0.39, 0.29) is 17.2 Å². The number of nitrogens with one attached hydrogen (secondary N) is 1. The SMILES string of the molecule is C[C@@H](SCc1ccccc1)C(=O)N1CCN(C)C[C@@H]1CNC(=O)OC(C)(C)C. The number of amides is 2. The van der Waals surface area contributed by atoms with E-state index in [2.05, 4.69) is 22.3 Å². The van der Waals surface area contributed by atoms with Gasteiger partial charge in [0.25, 0.3) is 0 Å². The van der Waals surface area contributed by atoms with Crippen molar-refractivity contribution < 1.29 is 14.3 Å². The summed E-state index contributed by atoms with van der Waals surface area (Å²) >= 11 is 1.65. The third-order valence-corrected chi connectivity index (χ3v) is 5.74. The van der Waals surface area contributed by atoms with Crippen LogP contribution < -0.4 is 5.32 Å². The summed E-state index contributed by atoms with van der Waals surface area (Å²) in [7, 11) is 2.04. The largest absolute Gasteiger partial charge is 0.444 e. The van der Waals surface area contributed by atoms with Crippen LogP contribution in [-0.2, 0) is 15.3 Å². The fourth-order valence-electron chi connectivity index (χ4n) is 3.09. The molecule has 0 bridgehead atoms. The molecule has 0 aromatic heterocycles. The maximum Gasteiger partial charge on any atom is 0.407 e. The molecule has 0 radical (unpaired) electrons. The fraction of sp³-hybridized carbons (Fsp3) is 0.619.